The van der Waals surface area contributed by atoms with E-state index < -0.39 is 0 Å². The van der Waals surface area contributed by atoms with Crippen LogP contribution in [-0.2, 0) is 10.8 Å². The number of nitrogens with one attached hydrogen (secondary N) is 2. The van der Waals surface area contributed by atoms with Crippen LogP contribution in [0.4, 0.5) is 0 Å². The molecular formula is C52H43Br3N4. The first-order valence-corrected chi connectivity index (χ1v) is 22.2. The predicted octanol–water partition coefficient (Wildman–Crippen LogP) is 16.2. The van der Waals surface area contributed by atoms with Gasteiger partial charge >= 0.3 is 0 Å². The molecule has 0 unspecified atom stereocenters. The molecule has 59 heavy (non-hydrogen) atoms. The number of fused-ring (bicyclic) bond motifs is 8. The van der Waals surface area contributed by atoms with E-state index >= 15 is 0 Å². The average molecular weight is 964 g/mol. The molecule has 0 amide bonds. The van der Waals surface area contributed by atoms with Gasteiger partial charge in [0.25, 0.3) is 0 Å². The van der Waals surface area contributed by atoms with Gasteiger partial charge in [-0.25, -0.2) is 9.97 Å². The lowest BCUT2D eigenvalue weighted by Crippen LogP contribution is -2.16. The van der Waals surface area contributed by atoms with E-state index in [0.717, 1.165) is 103 Å². The fraction of sp³-hybridized carbons (Fsp3) is 0.154. The standard InChI is InChI=1S/C52H43Br3N4/c1-51(2,3)34-27-33(28-35(29-34)52(4,5)6)50-45-25-23-43(58-45)48(31-9-15-37(54)16-10-31)41-21-19-39(56-41)47(30-7-13-36(53)14-8-30)40-20-22-42(57-40)49(44-24-26-46(50)59-44)32-11-17-38(55)18-12-32/h7-29,58-59H,1-6H3. The number of rotatable bonds is 4. The van der Waals surface area contributed by atoms with Crippen molar-refractivity contribution in [2.75, 3.05) is 0 Å². The SMILES string of the molecule is CC(C)(C)c1cc(-c2c3ccc([nH]3)c(-c3ccc(Br)cc3)c3nc(c(-c4ccc(Br)cc4)c4nc(c(-c5ccc(Br)cc5)c5ccc2[nH]5)C=C4)C=C3)cc(C(C)(C)C)c1. The van der Waals surface area contributed by atoms with E-state index in [0.29, 0.717) is 0 Å². The van der Waals surface area contributed by atoms with Crippen molar-refractivity contribution >= 4 is 94.2 Å². The van der Waals surface area contributed by atoms with Gasteiger partial charge in [0.05, 0.1) is 22.8 Å². The topological polar surface area (TPSA) is 57.4 Å². The summed E-state index contributed by atoms with van der Waals surface area (Å²) < 4.78 is 3.06. The number of aromatic nitrogens is 4. The van der Waals surface area contributed by atoms with Crippen molar-refractivity contribution in [3.8, 4) is 44.5 Å². The van der Waals surface area contributed by atoms with Crippen molar-refractivity contribution < 1.29 is 0 Å². The summed E-state index contributed by atoms with van der Waals surface area (Å²) in [6, 6.07) is 41.3. The van der Waals surface area contributed by atoms with Crippen LogP contribution in [0.25, 0.3) is 90.9 Å². The van der Waals surface area contributed by atoms with Gasteiger partial charge in [-0.1, -0.05) is 144 Å². The summed E-state index contributed by atoms with van der Waals surface area (Å²) in [6.07, 6.45) is 8.53. The third-order valence-electron chi connectivity index (χ3n) is 11.1. The summed E-state index contributed by atoms with van der Waals surface area (Å²) >= 11 is 11.0. The van der Waals surface area contributed by atoms with E-state index in [9.17, 15) is 0 Å². The van der Waals surface area contributed by atoms with Crippen LogP contribution in [-0.4, -0.2) is 19.9 Å². The molecule has 5 heterocycles. The monoisotopic (exact) mass is 960 g/mol. The second-order valence-electron chi connectivity index (χ2n) is 17.3. The molecule has 2 N–H and O–H groups in total. The van der Waals surface area contributed by atoms with E-state index in [1.165, 1.54) is 11.1 Å². The molecule has 0 spiro atoms. The molecule has 0 aliphatic carbocycles. The number of hydrogen-bond donors (Lipinski definition) is 2. The van der Waals surface area contributed by atoms with E-state index in [1.54, 1.807) is 0 Å². The van der Waals surface area contributed by atoms with E-state index in [1.807, 2.05) is 0 Å². The summed E-state index contributed by atoms with van der Waals surface area (Å²) in [5.74, 6) is 0. The van der Waals surface area contributed by atoms with Crippen molar-refractivity contribution in [2.45, 2.75) is 52.4 Å². The first-order valence-electron chi connectivity index (χ1n) is 19.8. The van der Waals surface area contributed by atoms with Crippen molar-refractivity contribution in [3.05, 3.63) is 163 Å². The average Bonchev–Trinajstić information content (AvgIpc) is 4.04. The van der Waals surface area contributed by atoms with Gasteiger partial charge < -0.3 is 9.97 Å². The van der Waals surface area contributed by atoms with Crippen LogP contribution in [0.3, 0.4) is 0 Å². The third kappa shape index (κ3) is 7.77. The van der Waals surface area contributed by atoms with Crippen molar-refractivity contribution in [2.24, 2.45) is 0 Å². The highest BCUT2D eigenvalue weighted by molar-refractivity contribution is 9.11. The minimum Gasteiger partial charge on any atom is -0.354 e. The highest BCUT2D eigenvalue weighted by atomic mass is 79.9. The second kappa shape index (κ2) is 15.2. The smallest absolute Gasteiger partial charge is 0.0738 e. The molecule has 0 fully saturated rings. The molecule has 3 aromatic heterocycles. The Morgan fingerprint density at radius 1 is 0.356 bits per heavy atom. The Bertz CT molecular complexity index is 2830. The van der Waals surface area contributed by atoms with Crippen LogP contribution in [0.1, 0.15) is 75.4 Å². The van der Waals surface area contributed by atoms with Crippen LogP contribution in [0, 0.1) is 0 Å². The van der Waals surface area contributed by atoms with Gasteiger partial charge in [0.1, 0.15) is 0 Å². The minimum absolute atomic E-state index is 0.0594. The molecule has 4 nitrogen and oxygen atoms in total. The molecule has 8 bridgehead atoms. The number of nitrogens with zero attached hydrogens (tertiary/aromatic N) is 2. The Labute approximate surface area is 371 Å². The molecule has 292 valence electrons. The maximum Gasteiger partial charge on any atom is 0.0738 e. The van der Waals surface area contributed by atoms with E-state index in [-0.39, 0.29) is 10.8 Å². The van der Waals surface area contributed by atoms with Gasteiger partial charge in [-0.2, -0.15) is 0 Å². The van der Waals surface area contributed by atoms with Crippen LogP contribution < -0.4 is 0 Å². The van der Waals surface area contributed by atoms with Gasteiger partial charge in [0.15, 0.2) is 0 Å². The lowest BCUT2D eigenvalue weighted by atomic mass is 9.79. The number of aromatic amines is 2. The Balaban J connectivity index is 1.48. The normalized spacial score (nSPS) is 12.7. The zero-order valence-electron chi connectivity index (χ0n) is 33.8. The molecule has 4 aromatic carbocycles. The Morgan fingerprint density at radius 3 is 1.00 bits per heavy atom. The molecule has 0 saturated heterocycles. The molecule has 7 heteroatoms. The number of H-pyrrole nitrogens is 2. The molecule has 2 aliphatic rings. The van der Waals surface area contributed by atoms with Crippen molar-refractivity contribution in [1.29, 1.82) is 0 Å². The molecule has 7 aromatic rings. The highest BCUT2D eigenvalue weighted by Crippen LogP contribution is 2.41. The Kier molecular flexibility index (Phi) is 10.1. The van der Waals surface area contributed by atoms with Gasteiger partial charge in [-0.3, -0.25) is 0 Å². The number of hydrogen-bond acceptors (Lipinski definition) is 2. The largest absolute Gasteiger partial charge is 0.354 e. The van der Waals surface area contributed by atoms with Crippen molar-refractivity contribution in [3.63, 3.8) is 0 Å². The predicted molar refractivity (Wildman–Crippen MR) is 261 cm³/mol. The van der Waals surface area contributed by atoms with Crippen LogP contribution in [0.5, 0.6) is 0 Å². The van der Waals surface area contributed by atoms with E-state index in [4.69, 9.17) is 9.97 Å². The first-order chi connectivity index (χ1) is 28.2. The Morgan fingerprint density at radius 2 is 0.661 bits per heavy atom. The molecule has 2 aliphatic heterocycles. The molecule has 0 saturated carbocycles. The second-order valence-corrected chi connectivity index (χ2v) is 20.1. The molecular weight excluding hydrogens is 920 g/mol. The fourth-order valence-electron chi connectivity index (χ4n) is 7.91. The quantitative estimate of drug-likeness (QED) is 0.185. The Hall–Kier alpha value is -5.08. The maximum atomic E-state index is 5.44. The lowest BCUT2D eigenvalue weighted by molar-refractivity contribution is 0.569. The van der Waals surface area contributed by atoms with Crippen LogP contribution >= 0.6 is 47.8 Å². The number of benzene rings is 4. The highest BCUT2D eigenvalue weighted by Gasteiger charge is 2.23. The lowest BCUT2D eigenvalue weighted by Gasteiger charge is -2.26. The van der Waals surface area contributed by atoms with Crippen LogP contribution in [0.2, 0.25) is 0 Å². The van der Waals surface area contributed by atoms with Gasteiger partial charge in [-0.05, 0) is 129 Å². The van der Waals surface area contributed by atoms with Crippen molar-refractivity contribution in [1.82, 2.24) is 19.9 Å². The maximum absolute atomic E-state index is 5.44. The summed E-state index contributed by atoms with van der Waals surface area (Å²) in [7, 11) is 0. The zero-order chi connectivity index (χ0) is 41.2. The molecule has 0 atom stereocenters. The molecule has 9 rings (SSSR count). The zero-order valence-corrected chi connectivity index (χ0v) is 38.6. The number of halogens is 3. The van der Waals surface area contributed by atoms with Gasteiger partial charge in [0.2, 0.25) is 0 Å². The summed E-state index contributed by atoms with van der Waals surface area (Å²) in [4.78, 5) is 18.8. The van der Waals surface area contributed by atoms with Crippen LogP contribution in [0.15, 0.2) is 129 Å². The first kappa shape index (κ1) is 39.4. The molecule has 0 radical (unpaired) electrons. The van der Waals surface area contributed by atoms with Gasteiger partial charge in [0, 0.05) is 57.7 Å². The third-order valence-corrected chi connectivity index (χ3v) is 12.7. The summed E-state index contributed by atoms with van der Waals surface area (Å²) in [5.41, 5.74) is 18.3. The minimum atomic E-state index is -0.0594. The van der Waals surface area contributed by atoms with Gasteiger partial charge in [-0.15, -0.1) is 0 Å². The fourth-order valence-corrected chi connectivity index (χ4v) is 8.70. The summed E-state index contributed by atoms with van der Waals surface area (Å²) in [5, 5.41) is 0. The van der Waals surface area contributed by atoms with E-state index in [2.05, 4.69) is 239 Å². The summed E-state index contributed by atoms with van der Waals surface area (Å²) in [6.45, 7) is 13.8.